The molecule has 0 radical (unpaired) electrons. The minimum Gasteiger partial charge on any atom is -0.511 e. The predicted octanol–water partition coefficient (Wildman–Crippen LogP) is 4.73. The van der Waals surface area contributed by atoms with Crippen molar-refractivity contribution in [1.29, 1.82) is 0 Å². The lowest BCUT2D eigenvalue weighted by molar-refractivity contribution is -0.117. The number of carbonyl (C=O) groups is 1. The first-order valence-electron chi connectivity index (χ1n) is 13.0. The number of hydrogen-bond acceptors (Lipinski definition) is 7. The first-order valence-corrected chi connectivity index (χ1v) is 13.8. The maximum Gasteiger partial charge on any atom is 0.353 e. The van der Waals surface area contributed by atoms with Crippen LogP contribution in [-0.4, -0.2) is 37.7 Å². The van der Waals surface area contributed by atoms with E-state index in [1.807, 2.05) is 45.0 Å². The fourth-order valence-corrected chi connectivity index (χ4v) is 6.48. The van der Waals surface area contributed by atoms with Crippen LogP contribution in [0.5, 0.6) is 5.75 Å². The zero-order valence-electron chi connectivity index (χ0n) is 21.9. The van der Waals surface area contributed by atoms with Crippen LogP contribution in [0.3, 0.4) is 0 Å². The van der Waals surface area contributed by atoms with E-state index in [0.29, 0.717) is 22.0 Å². The molecule has 1 aromatic carbocycles. The van der Waals surface area contributed by atoms with Crippen LogP contribution in [0, 0.1) is 12.8 Å². The third-order valence-corrected chi connectivity index (χ3v) is 8.16. The zero-order chi connectivity index (χ0) is 27.0. The smallest absolute Gasteiger partial charge is 0.353 e. The number of carbonyl (C=O) groups excluding carboxylic acids is 1. The van der Waals surface area contributed by atoms with Gasteiger partial charge in [-0.15, -0.1) is 11.3 Å². The van der Waals surface area contributed by atoms with Crippen LogP contribution in [-0.2, 0) is 4.79 Å². The van der Waals surface area contributed by atoms with E-state index >= 15 is 0 Å². The number of ether oxygens (including phenoxy) is 1. The van der Waals surface area contributed by atoms with Crippen molar-refractivity contribution in [2.75, 3.05) is 0 Å². The van der Waals surface area contributed by atoms with Gasteiger partial charge in [0.15, 0.2) is 0 Å². The van der Waals surface area contributed by atoms with Gasteiger partial charge in [0.1, 0.15) is 21.9 Å². The van der Waals surface area contributed by atoms with E-state index in [4.69, 9.17) is 4.74 Å². The molecule has 4 aromatic rings. The molecular formula is C29H32N4O4S. The van der Waals surface area contributed by atoms with Gasteiger partial charge >= 0.3 is 5.69 Å². The van der Waals surface area contributed by atoms with Crippen LogP contribution >= 0.6 is 11.3 Å². The molecule has 0 spiro atoms. The summed E-state index contributed by atoms with van der Waals surface area (Å²) in [6.45, 7) is 9.41. The molecule has 1 aliphatic carbocycles. The number of thiophene rings is 1. The Kier molecular flexibility index (Phi) is 7.21. The molecule has 1 amide bonds. The number of nitrogens with zero attached hydrogens (tertiary/aromatic N) is 3. The number of benzene rings is 1. The number of aliphatic hydroxyl groups excluding tert-OH is 1. The van der Waals surface area contributed by atoms with Crippen LogP contribution in [0.4, 0.5) is 0 Å². The first kappa shape index (κ1) is 25.9. The number of rotatable bonds is 7. The largest absolute Gasteiger partial charge is 0.511 e. The lowest BCUT2D eigenvalue weighted by atomic mass is 9.83. The molecule has 9 heteroatoms. The Hall–Kier alpha value is -3.72. The molecule has 38 heavy (non-hydrogen) atoms. The highest BCUT2D eigenvalue weighted by molar-refractivity contribution is 7.17. The Balaban J connectivity index is 1.55. The maximum absolute atomic E-state index is 13.4. The minimum atomic E-state index is -0.414. The van der Waals surface area contributed by atoms with Gasteiger partial charge < -0.3 is 15.2 Å². The topological polar surface area (TPSA) is 106 Å². The molecule has 2 N–H and O–H groups in total. The van der Waals surface area contributed by atoms with Crippen LogP contribution in [0.1, 0.15) is 51.5 Å². The van der Waals surface area contributed by atoms with E-state index in [1.54, 1.807) is 10.8 Å². The molecule has 0 aliphatic heterocycles. The second kappa shape index (κ2) is 10.6. The van der Waals surface area contributed by atoms with E-state index in [2.05, 4.69) is 21.9 Å². The van der Waals surface area contributed by atoms with Gasteiger partial charge in [-0.25, -0.2) is 9.78 Å². The number of aryl methyl sites for hydroxylation is 1. The highest BCUT2D eigenvalue weighted by Gasteiger charge is 2.25. The SMILES string of the molecule is C=CC(=O)N[C@H]1CCC[C@H](CC(O)=c2sc3nccc4c3c2nc(=O)n4-c2ccc(OC(C)C)cc2C)C1. The molecule has 3 aromatic heterocycles. The fourth-order valence-electron chi connectivity index (χ4n) is 5.42. The molecule has 1 fully saturated rings. The van der Waals surface area contributed by atoms with Crippen molar-refractivity contribution < 1.29 is 14.6 Å². The van der Waals surface area contributed by atoms with Crippen molar-refractivity contribution in [2.45, 2.75) is 65.0 Å². The van der Waals surface area contributed by atoms with Crippen molar-refractivity contribution in [3.8, 4) is 11.4 Å². The molecule has 1 saturated carbocycles. The van der Waals surface area contributed by atoms with Crippen LogP contribution in [0.2, 0.25) is 0 Å². The monoisotopic (exact) mass is 532 g/mol. The normalized spacial score (nSPS) is 18.6. The van der Waals surface area contributed by atoms with Crippen LogP contribution in [0.15, 0.2) is 47.9 Å². The van der Waals surface area contributed by atoms with E-state index in [1.165, 1.54) is 17.4 Å². The van der Waals surface area contributed by atoms with Crippen molar-refractivity contribution in [2.24, 2.45) is 5.92 Å². The average molecular weight is 533 g/mol. The number of hydrogen-bond donors (Lipinski definition) is 2. The van der Waals surface area contributed by atoms with Crippen molar-refractivity contribution >= 4 is 44.3 Å². The number of aliphatic hydroxyl groups is 1. The molecule has 1 aliphatic rings. The Morgan fingerprint density at radius 1 is 1.34 bits per heavy atom. The molecule has 0 bridgehead atoms. The lowest BCUT2D eigenvalue weighted by Gasteiger charge is -2.29. The van der Waals surface area contributed by atoms with Crippen molar-refractivity contribution in [3.63, 3.8) is 0 Å². The molecule has 2 atom stereocenters. The zero-order valence-corrected chi connectivity index (χ0v) is 22.7. The highest BCUT2D eigenvalue weighted by Crippen LogP contribution is 2.32. The van der Waals surface area contributed by atoms with E-state index in [0.717, 1.165) is 52.9 Å². The Morgan fingerprint density at radius 3 is 2.89 bits per heavy atom. The average Bonchev–Trinajstić information content (AvgIpc) is 3.24. The molecule has 8 nitrogen and oxygen atoms in total. The summed E-state index contributed by atoms with van der Waals surface area (Å²) in [7, 11) is 0. The summed E-state index contributed by atoms with van der Waals surface area (Å²) in [6.07, 6.45) is 7.12. The van der Waals surface area contributed by atoms with E-state index in [-0.39, 0.29) is 29.7 Å². The summed E-state index contributed by atoms with van der Waals surface area (Å²) in [4.78, 5) is 34.9. The van der Waals surface area contributed by atoms with Gasteiger partial charge in [-0.2, -0.15) is 4.98 Å². The second-order valence-corrected chi connectivity index (χ2v) is 11.2. The number of aromatic nitrogens is 3. The fraction of sp³-hybridized carbons (Fsp3) is 0.379. The van der Waals surface area contributed by atoms with Gasteiger partial charge in [-0.1, -0.05) is 13.0 Å². The summed E-state index contributed by atoms with van der Waals surface area (Å²) >= 11 is 1.35. The quantitative estimate of drug-likeness (QED) is 0.334. The molecule has 5 rings (SSSR count). The standard InChI is InChI=1S/C29H32N4O4S/c1-5-24(35)31-19-8-6-7-18(14-19)15-23(34)27-26-25-22(11-12-30-28(25)38-27)33(29(36)32-26)21-10-9-20(13-17(21)4)37-16(2)3/h5,9-13,16,18-19,34H,1,6-8,14-15H2,2-4H3,(H,31,35)/t18-,19-/m0/s1. The highest BCUT2D eigenvalue weighted by atomic mass is 32.1. The Bertz CT molecular complexity index is 1640. The van der Waals surface area contributed by atoms with Crippen molar-refractivity contribution in [1.82, 2.24) is 19.9 Å². The predicted molar refractivity (Wildman–Crippen MR) is 151 cm³/mol. The Labute approximate surface area is 224 Å². The summed E-state index contributed by atoms with van der Waals surface area (Å²) in [6, 6.07) is 7.54. The minimum absolute atomic E-state index is 0.0489. The number of nitrogens with one attached hydrogen (secondary N) is 1. The van der Waals surface area contributed by atoms with Gasteiger partial charge in [0.2, 0.25) is 5.91 Å². The summed E-state index contributed by atoms with van der Waals surface area (Å²) < 4.78 is 8.00. The molecular weight excluding hydrogens is 500 g/mol. The third kappa shape index (κ3) is 5.03. The third-order valence-electron chi connectivity index (χ3n) is 7.02. The summed E-state index contributed by atoms with van der Waals surface area (Å²) in [5, 5.41) is 15.0. The molecule has 198 valence electrons. The summed E-state index contributed by atoms with van der Waals surface area (Å²) in [5.41, 5.74) is 2.38. The second-order valence-electron chi connectivity index (χ2n) is 10.2. The summed E-state index contributed by atoms with van der Waals surface area (Å²) in [5.74, 6) is 1.00. The van der Waals surface area contributed by atoms with Crippen LogP contribution in [0.25, 0.3) is 32.7 Å². The van der Waals surface area contributed by atoms with Gasteiger partial charge in [0.25, 0.3) is 0 Å². The number of amides is 1. The first-order chi connectivity index (χ1) is 18.2. The van der Waals surface area contributed by atoms with Gasteiger partial charge in [0.05, 0.1) is 27.2 Å². The van der Waals surface area contributed by atoms with Gasteiger partial charge in [-0.05, 0) is 81.9 Å². The van der Waals surface area contributed by atoms with Crippen LogP contribution < -0.4 is 20.3 Å². The van der Waals surface area contributed by atoms with E-state index in [9.17, 15) is 14.7 Å². The molecule has 0 unspecified atom stereocenters. The van der Waals surface area contributed by atoms with E-state index < -0.39 is 5.69 Å². The Morgan fingerprint density at radius 2 is 2.16 bits per heavy atom. The molecule has 0 saturated heterocycles. The van der Waals surface area contributed by atoms with Gasteiger partial charge in [-0.3, -0.25) is 9.36 Å². The lowest BCUT2D eigenvalue weighted by Crippen LogP contribution is -2.37. The van der Waals surface area contributed by atoms with Gasteiger partial charge in [0, 0.05) is 18.7 Å². The maximum atomic E-state index is 13.4. The number of pyridine rings is 1. The molecule has 3 heterocycles. The van der Waals surface area contributed by atoms with Crippen molar-refractivity contribution in [3.05, 3.63) is 63.7 Å².